The summed E-state index contributed by atoms with van der Waals surface area (Å²) >= 11 is 0. The van der Waals surface area contributed by atoms with E-state index in [4.69, 9.17) is 4.74 Å². The number of aryl methyl sites for hydroxylation is 2. The zero-order valence-corrected chi connectivity index (χ0v) is 18.3. The number of hydrogen-bond acceptors (Lipinski definition) is 5. The molecule has 1 aromatic carbocycles. The number of ether oxygens (including phenoxy) is 1. The van der Waals surface area contributed by atoms with Gasteiger partial charge < -0.3 is 14.5 Å². The molecular weight excluding hydrogens is 394 g/mol. The lowest BCUT2D eigenvalue weighted by Gasteiger charge is -2.35. The number of cyclic esters (lactones) is 1. The van der Waals surface area contributed by atoms with Crippen molar-refractivity contribution >= 4 is 22.0 Å². The van der Waals surface area contributed by atoms with Crippen molar-refractivity contribution < 1.29 is 22.7 Å². The molecule has 2 heterocycles. The fourth-order valence-corrected chi connectivity index (χ4v) is 5.89. The van der Waals surface area contributed by atoms with Crippen LogP contribution in [-0.2, 0) is 19.6 Å². The molecule has 2 aliphatic heterocycles. The van der Waals surface area contributed by atoms with Crippen LogP contribution in [0.2, 0.25) is 0 Å². The first-order valence-electron chi connectivity index (χ1n) is 9.90. The monoisotopic (exact) mass is 423 g/mol. The van der Waals surface area contributed by atoms with E-state index < -0.39 is 10.0 Å². The number of nitrogens with zero attached hydrogens (tertiary/aromatic N) is 3. The standard InChI is InChI=1S/C20H29N3O5S/c1-14-13-15(2)17(4)19(16(14)3)29(26,27)23-9-7-21(8-10-23)18(24)5-6-22-11-12-28-20(22)25/h13H,5-12H2,1-4H3. The Kier molecular flexibility index (Phi) is 6.19. The van der Waals surface area contributed by atoms with Crippen LogP contribution in [0.5, 0.6) is 0 Å². The Morgan fingerprint density at radius 2 is 1.59 bits per heavy atom. The van der Waals surface area contributed by atoms with Crippen LogP contribution < -0.4 is 0 Å². The van der Waals surface area contributed by atoms with Gasteiger partial charge in [0.1, 0.15) is 6.61 Å². The van der Waals surface area contributed by atoms with Crippen molar-refractivity contribution in [1.82, 2.24) is 14.1 Å². The zero-order chi connectivity index (χ0) is 21.3. The first-order valence-corrected chi connectivity index (χ1v) is 11.3. The molecule has 0 unspecified atom stereocenters. The molecule has 8 nitrogen and oxygen atoms in total. The highest BCUT2D eigenvalue weighted by atomic mass is 32.2. The summed E-state index contributed by atoms with van der Waals surface area (Å²) in [5.74, 6) is -0.0690. The van der Waals surface area contributed by atoms with Crippen LogP contribution in [-0.4, -0.2) is 80.4 Å². The summed E-state index contributed by atoms with van der Waals surface area (Å²) in [6, 6.07) is 2.01. The molecule has 0 spiro atoms. The minimum Gasteiger partial charge on any atom is -0.448 e. The number of carbonyl (C=O) groups is 2. The number of hydrogen-bond donors (Lipinski definition) is 0. The molecule has 1 aromatic rings. The maximum Gasteiger partial charge on any atom is 0.409 e. The topological polar surface area (TPSA) is 87.2 Å². The van der Waals surface area contributed by atoms with E-state index in [-0.39, 0.29) is 31.5 Å². The Bertz CT molecular complexity index is 894. The lowest BCUT2D eigenvalue weighted by atomic mass is 10.0. The van der Waals surface area contributed by atoms with Crippen molar-refractivity contribution in [3.63, 3.8) is 0 Å². The van der Waals surface area contributed by atoms with Crippen LogP contribution in [0, 0.1) is 27.7 Å². The Morgan fingerprint density at radius 1 is 1.00 bits per heavy atom. The fraction of sp³-hybridized carbons (Fsp3) is 0.600. The molecule has 0 N–H and O–H groups in total. The van der Waals surface area contributed by atoms with Crippen LogP contribution >= 0.6 is 0 Å². The first-order chi connectivity index (χ1) is 13.6. The molecule has 3 rings (SSSR count). The molecule has 0 aromatic heterocycles. The van der Waals surface area contributed by atoms with Gasteiger partial charge >= 0.3 is 6.09 Å². The van der Waals surface area contributed by atoms with Gasteiger partial charge in [0.15, 0.2) is 0 Å². The molecule has 0 bridgehead atoms. The molecule has 29 heavy (non-hydrogen) atoms. The van der Waals surface area contributed by atoms with Crippen molar-refractivity contribution in [3.05, 3.63) is 28.3 Å². The second kappa shape index (κ2) is 8.31. The van der Waals surface area contributed by atoms with E-state index in [1.54, 1.807) is 4.90 Å². The van der Waals surface area contributed by atoms with Crippen LogP contribution in [0.1, 0.15) is 28.7 Å². The maximum atomic E-state index is 13.3. The average Bonchev–Trinajstić information content (AvgIpc) is 3.09. The number of amides is 2. The average molecular weight is 424 g/mol. The summed E-state index contributed by atoms with van der Waals surface area (Å²) < 4.78 is 33.0. The summed E-state index contributed by atoms with van der Waals surface area (Å²) in [6.07, 6.45) is -0.162. The number of benzene rings is 1. The molecule has 0 aliphatic carbocycles. The molecule has 2 aliphatic rings. The van der Waals surface area contributed by atoms with Gasteiger partial charge in [0.05, 0.1) is 11.4 Å². The van der Waals surface area contributed by atoms with Crippen molar-refractivity contribution in [2.24, 2.45) is 0 Å². The van der Waals surface area contributed by atoms with E-state index >= 15 is 0 Å². The lowest BCUT2D eigenvalue weighted by Crippen LogP contribution is -2.51. The minimum atomic E-state index is -3.62. The molecule has 2 amide bonds. The third kappa shape index (κ3) is 4.25. The highest BCUT2D eigenvalue weighted by molar-refractivity contribution is 7.89. The summed E-state index contributed by atoms with van der Waals surface area (Å²) in [7, 11) is -3.62. The quantitative estimate of drug-likeness (QED) is 0.718. The Morgan fingerprint density at radius 3 is 2.10 bits per heavy atom. The predicted octanol–water partition coefficient (Wildman–Crippen LogP) is 1.60. The second-order valence-corrected chi connectivity index (χ2v) is 9.60. The van der Waals surface area contributed by atoms with Crippen molar-refractivity contribution in [2.45, 2.75) is 39.0 Å². The highest BCUT2D eigenvalue weighted by Gasteiger charge is 2.33. The normalized spacial score (nSPS) is 18.3. The van der Waals surface area contributed by atoms with Crippen LogP contribution in [0.3, 0.4) is 0 Å². The molecule has 9 heteroatoms. The SMILES string of the molecule is Cc1cc(C)c(C)c(S(=O)(=O)N2CCN(C(=O)CCN3CCOC3=O)CC2)c1C. The molecule has 160 valence electrons. The summed E-state index contributed by atoms with van der Waals surface area (Å²) in [5.41, 5.74) is 3.48. The van der Waals surface area contributed by atoms with Crippen molar-refractivity contribution in [2.75, 3.05) is 45.9 Å². The van der Waals surface area contributed by atoms with Gasteiger partial charge in [-0.05, 0) is 49.9 Å². The summed E-state index contributed by atoms with van der Waals surface area (Å²) in [4.78, 5) is 27.5. The number of rotatable bonds is 5. The molecule has 0 atom stereocenters. The van der Waals surface area contributed by atoms with Gasteiger partial charge in [-0.1, -0.05) is 6.07 Å². The van der Waals surface area contributed by atoms with Gasteiger partial charge in [-0.15, -0.1) is 0 Å². The summed E-state index contributed by atoms with van der Waals surface area (Å²) in [6.45, 7) is 9.98. The number of sulfonamides is 1. The van der Waals surface area contributed by atoms with Gasteiger partial charge in [-0.3, -0.25) is 4.79 Å². The van der Waals surface area contributed by atoms with Gasteiger partial charge in [0.2, 0.25) is 15.9 Å². The third-order valence-corrected chi connectivity index (χ3v) is 8.10. The third-order valence-electron chi connectivity index (χ3n) is 5.93. The first kappa shape index (κ1) is 21.6. The Balaban J connectivity index is 1.64. The van der Waals surface area contributed by atoms with Crippen LogP contribution in [0.15, 0.2) is 11.0 Å². The largest absolute Gasteiger partial charge is 0.448 e. The van der Waals surface area contributed by atoms with E-state index in [1.165, 1.54) is 9.21 Å². The van der Waals surface area contributed by atoms with E-state index in [9.17, 15) is 18.0 Å². The molecule has 0 radical (unpaired) electrons. The Labute approximate surface area is 172 Å². The molecule has 2 saturated heterocycles. The molecule has 0 saturated carbocycles. The van der Waals surface area contributed by atoms with E-state index in [1.807, 2.05) is 33.8 Å². The van der Waals surface area contributed by atoms with Gasteiger partial charge in [-0.25, -0.2) is 13.2 Å². The number of carbonyl (C=O) groups excluding carboxylic acids is 2. The predicted molar refractivity (Wildman–Crippen MR) is 108 cm³/mol. The van der Waals surface area contributed by atoms with Crippen LogP contribution in [0.4, 0.5) is 4.79 Å². The van der Waals surface area contributed by atoms with E-state index in [0.717, 1.165) is 22.3 Å². The molecule has 2 fully saturated rings. The zero-order valence-electron chi connectivity index (χ0n) is 17.5. The second-order valence-electron chi connectivity index (χ2n) is 7.73. The lowest BCUT2D eigenvalue weighted by molar-refractivity contribution is -0.132. The van der Waals surface area contributed by atoms with E-state index in [2.05, 4.69) is 0 Å². The van der Waals surface area contributed by atoms with Crippen molar-refractivity contribution in [1.29, 1.82) is 0 Å². The fourth-order valence-electron chi connectivity index (χ4n) is 3.89. The number of piperazine rings is 1. The minimum absolute atomic E-state index is 0.0690. The Hall–Kier alpha value is -2.13. The smallest absolute Gasteiger partial charge is 0.409 e. The van der Waals surface area contributed by atoms with E-state index in [0.29, 0.717) is 37.7 Å². The maximum absolute atomic E-state index is 13.3. The van der Waals surface area contributed by atoms with Gasteiger partial charge in [-0.2, -0.15) is 4.31 Å². The van der Waals surface area contributed by atoms with Gasteiger partial charge in [0, 0.05) is 39.1 Å². The summed E-state index contributed by atoms with van der Waals surface area (Å²) in [5, 5.41) is 0. The van der Waals surface area contributed by atoms with Crippen LogP contribution in [0.25, 0.3) is 0 Å². The molecular formula is C20H29N3O5S. The highest BCUT2D eigenvalue weighted by Crippen LogP contribution is 2.29. The van der Waals surface area contributed by atoms with Crippen molar-refractivity contribution in [3.8, 4) is 0 Å². The van der Waals surface area contributed by atoms with Gasteiger partial charge in [0.25, 0.3) is 0 Å².